The van der Waals surface area contributed by atoms with Crippen LogP contribution in [0.1, 0.15) is 49.3 Å². The molecule has 0 N–H and O–H groups in total. The summed E-state index contributed by atoms with van der Waals surface area (Å²) in [4.78, 5) is 24.1. The molecule has 8 aromatic rings. The normalized spacial score (nSPS) is 12.4. The van der Waals surface area contributed by atoms with E-state index >= 15 is 0 Å². The Morgan fingerprint density at radius 1 is 0.547 bits per heavy atom. The predicted octanol–water partition coefficient (Wildman–Crippen LogP) is 13.5. The number of halogens is 3. The number of rotatable bonds is 13. The second-order valence-electron chi connectivity index (χ2n) is 15.0. The fourth-order valence-corrected chi connectivity index (χ4v) is 8.17. The van der Waals surface area contributed by atoms with E-state index in [0.29, 0.717) is 17.1 Å². The van der Waals surface area contributed by atoms with Crippen molar-refractivity contribution in [3.8, 4) is 39.9 Å². The lowest BCUT2D eigenvalue weighted by atomic mass is 9.68. The van der Waals surface area contributed by atoms with Crippen molar-refractivity contribution in [1.29, 1.82) is 0 Å². The zero-order valence-corrected chi connectivity index (χ0v) is 33.8. The summed E-state index contributed by atoms with van der Waals surface area (Å²) in [7, 11) is 0. The highest BCUT2D eigenvalue weighted by Gasteiger charge is 2.46. The fraction of sp³-hybridized carbons (Fsp3) is 0.0755. The molecule has 0 bridgehead atoms. The van der Waals surface area contributed by atoms with Crippen LogP contribution in [0, 0.1) is 10.1 Å². The summed E-state index contributed by atoms with van der Waals surface area (Å²) in [5.74, 6) is -0.321. The molecule has 0 unspecified atom stereocenters. The molecule has 0 aliphatic heterocycles. The summed E-state index contributed by atoms with van der Waals surface area (Å²) < 4.78 is 66.7. The van der Waals surface area contributed by atoms with Crippen LogP contribution in [0.2, 0.25) is 0 Å². The average molecular weight is 856 g/mol. The van der Waals surface area contributed by atoms with Crippen molar-refractivity contribution >= 4 is 11.7 Å². The zero-order chi connectivity index (χ0) is 44.3. The number of nitrogens with zero attached hydrogens (tertiary/aromatic N) is 1. The molecule has 11 heteroatoms. The summed E-state index contributed by atoms with van der Waals surface area (Å²) in [5.41, 5.74) is 4.91. The molecule has 9 rings (SSSR count). The lowest BCUT2D eigenvalue weighted by Crippen LogP contribution is -2.28. The van der Waals surface area contributed by atoms with Crippen LogP contribution in [-0.2, 0) is 29.5 Å². The molecule has 8 aromatic carbocycles. The Kier molecular flexibility index (Phi) is 11.1. The Bertz CT molecular complexity index is 2930. The van der Waals surface area contributed by atoms with Crippen LogP contribution in [-0.4, -0.2) is 10.9 Å². The lowest BCUT2D eigenvalue weighted by molar-refractivity contribution is -0.386. The summed E-state index contributed by atoms with van der Waals surface area (Å²) in [6.45, 7) is 0.0439. The SMILES string of the molecule is O=C(OCc1ccccc1)c1ccc(Oc2ccc(C3(c4ccc(Oc5ccc([N+](=O)[O-])c(OCc6ccccc6)c5)cc4)c4ccccc4-c4ccccc43)cc2)c(C(F)(F)F)c1. The van der Waals surface area contributed by atoms with Crippen molar-refractivity contribution in [2.45, 2.75) is 24.8 Å². The van der Waals surface area contributed by atoms with Gasteiger partial charge in [0.2, 0.25) is 5.75 Å². The first-order chi connectivity index (χ1) is 31.1. The van der Waals surface area contributed by atoms with Crippen LogP contribution in [0.25, 0.3) is 11.1 Å². The molecule has 0 amide bonds. The van der Waals surface area contributed by atoms with Gasteiger partial charge in [-0.1, -0.05) is 133 Å². The molecule has 64 heavy (non-hydrogen) atoms. The maximum atomic E-state index is 14.5. The smallest absolute Gasteiger partial charge is 0.420 e. The van der Waals surface area contributed by atoms with Gasteiger partial charge in [0.05, 0.1) is 21.5 Å². The van der Waals surface area contributed by atoms with E-state index in [-0.39, 0.29) is 36.0 Å². The number of carbonyl (C=O) groups is 1. The van der Waals surface area contributed by atoms with Crippen molar-refractivity contribution in [3.63, 3.8) is 0 Å². The Morgan fingerprint density at radius 2 is 1.06 bits per heavy atom. The highest BCUT2D eigenvalue weighted by atomic mass is 19.4. The molecule has 0 saturated carbocycles. The molecule has 0 heterocycles. The first-order valence-electron chi connectivity index (χ1n) is 20.2. The molecule has 316 valence electrons. The van der Waals surface area contributed by atoms with Gasteiger partial charge in [0.15, 0.2) is 0 Å². The molecule has 0 atom stereocenters. The standard InChI is InChI=1S/C53H36F3NO7/c54-53(55,56)47-31-37(51(58)62-34-36-13-5-2-6-14-36)19-30-49(47)64-41-26-22-39(23-27-41)52(45-17-9-7-15-43(45)44-16-8-10-18-46(44)52)38-20-24-40(25-21-38)63-42-28-29-48(57(59)60)50(32-42)61-33-35-11-3-1-4-12-35/h1-32H,33-34H2. The molecule has 8 nitrogen and oxygen atoms in total. The number of nitro groups is 1. The van der Waals surface area contributed by atoms with Crippen LogP contribution < -0.4 is 14.2 Å². The van der Waals surface area contributed by atoms with E-state index in [2.05, 4.69) is 24.3 Å². The van der Waals surface area contributed by atoms with E-state index in [1.165, 1.54) is 24.3 Å². The zero-order valence-electron chi connectivity index (χ0n) is 33.8. The Morgan fingerprint density at radius 3 is 1.62 bits per heavy atom. The number of hydrogen-bond donors (Lipinski definition) is 0. The number of alkyl halides is 3. The van der Waals surface area contributed by atoms with Gasteiger partial charge in [0.1, 0.15) is 36.2 Å². The average Bonchev–Trinajstić information content (AvgIpc) is 3.62. The third-order valence-corrected chi connectivity index (χ3v) is 11.1. The van der Waals surface area contributed by atoms with Crippen molar-refractivity contribution < 1.29 is 41.8 Å². The van der Waals surface area contributed by atoms with E-state index < -0.39 is 33.8 Å². The van der Waals surface area contributed by atoms with E-state index in [1.54, 1.807) is 42.5 Å². The molecule has 0 spiro atoms. The number of nitro benzene ring substituents is 1. The fourth-order valence-electron chi connectivity index (χ4n) is 8.17. The molecular formula is C53H36F3NO7. The molecule has 0 aromatic heterocycles. The molecule has 1 aliphatic rings. The largest absolute Gasteiger partial charge is 0.482 e. The van der Waals surface area contributed by atoms with E-state index in [0.717, 1.165) is 51.1 Å². The van der Waals surface area contributed by atoms with E-state index in [4.69, 9.17) is 18.9 Å². The Balaban J connectivity index is 1.02. The van der Waals surface area contributed by atoms with Crippen molar-refractivity contribution in [1.82, 2.24) is 0 Å². The number of ether oxygens (including phenoxy) is 4. The number of fused-ring (bicyclic) bond motifs is 3. The van der Waals surface area contributed by atoms with Crippen LogP contribution in [0.3, 0.4) is 0 Å². The summed E-state index contributed by atoms with van der Waals surface area (Å²) >= 11 is 0. The number of benzene rings is 8. The summed E-state index contributed by atoms with van der Waals surface area (Å²) in [6.07, 6.45) is -4.83. The van der Waals surface area contributed by atoms with Gasteiger partial charge in [-0.3, -0.25) is 10.1 Å². The topological polar surface area (TPSA) is 97.1 Å². The molecular weight excluding hydrogens is 820 g/mol. The van der Waals surface area contributed by atoms with Gasteiger partial charge < -0.3 is 18.9 Å². The molecule has 0 saturated heterocycles. The number of hydrogen-bond acceptors (Lipinski definition) is 7. The third-order valence-electron chi connectivity index (χ3n) is 11.1. The lowest BCUT2D eigenvalue weighted by Gasteiger charge is -2.34. The molecule has 0 radical (unpaired) electrons. The quantitative estimate of drug-likeness (QED) is 0.0647. The van der Waals surface area contributed by atoms with Crippen LogP contribution in [0.4, 0.5) is 18.9 Å². The summed E-state index contributed by atoms with van der Waals surface area (Å²) in [5, 5.41) is 11.8. The van der Waals surface area contributed by atoms with Crippen molar-refractivity contribution in [3.05, 3.63) is 249 Å². The minimum Gasteiger partial charge on any atom is -0.482 e. The minimum atomic E-state index is -4.83. The van der Waals surface area contributed by atoms with Gasteiger partial charge in [-0.2, -0.15) is 13.2 Å². The predicted molar refractivity (Wildman–Crippen MR) is 235 cm³/mol. The molecule has 1 aliphatic carbocycles. The second kappa shape index (κ2) is 17.3. The Hall–Kier alpha value is -8.18. The van der Waals surface area contributed by atoms with Crippen LogP contribution in [0.5, 0.6) is 28.7 Å². The van der Waals surface area contributed by atoms with Crippen molar-refractivity contribution in [2.75, 3.05) is 0 Å². The summed E-state index contributed by atoms with van der Waals surface area (Å²) in [6, 6.07) is 56.4. The highest BCUT2D eigenvalue weighted by Crippen LogP contribution is 2.56. The number of carbonyl (C=O) groups excluding carboxylic acids is 1. The van der Waals surface area contributed by atoms with E-state index in [1.807, 2.05) is 91.0 Å². The maximum absolute atomic E-state index is 14.5. The van der Waals surface area contributed by atoms with E-state index in [9.17, 15) is 28.1 Å². The highest BCUT2D eigenvalue weighted by molar-refractivity contribution is 5.90. The molecule has 0 fully saturated rings. The van der Waals surface area contributed by atoms with Gasteiger partial charge in [-0.05, 0) is 93.0 Å². The second-order valence-corrected chi connectivity index (χ2v) is 15.0. The third kappa shape index (κ3) is 8.14. The number of esters is 1. The first-order valence-corrected chi connectivity index (χ1v) is 20.2. The monoisotopic (exact) mass is 855 g/mol. The maximum Gasteiger partial charge on any atom is 0.420 e. The van der Waals surface area contributed by atoms with Gasteiger partial charge >= 0.3 is 17.8 Å². The van der Waals surface area contributed by atoms with Crippen molar-refractivity contribution in [2.24, 2.45) is 0 Å². The van der Waals surface area contributed by atoms with Gasteiger partial charge in [0.25, 0.3) is 0 Å². The van der Waals surface area contributed by atoms with Gasteiger partial charge in [-0.15, -0.1) is 0 Å². The van der Waals surface area contributed by atoms with Crippen LogP contribution in [0.15, 0.2) is 194 Å². The van der Waals surface area contributed by atoms with Gasteiger partial charge in [0, 0.05) is 12.1 Å². The first kappa shape index (κ1) is 41.2. The van der Waals surface area contributed by atoms with Gasteiger partial charge in [-0.25, -0.2) is 4.79 Å². The van der Waals surface area contributed by atoms with Crippen LogP contribution >= 0.6 is 0 Å². The minimum absolute atomic E-state index is 0.0689. The Labute approximate surface area is 365 Å².